The smallest absolute Gasteiger partial charge is 0.252 e. The molecular formula is C17H19N5O3S2. The van der Waals surface area contributed by atoms with Crippen LogP contribution in [0.5, 0.6) is 0 Å². The van der Waals surface area contributed by atoms with Gasteiger partial charge in [0.2, 0.25) is 5.91 Å². The van der Waals surface area contributed by atoms with Crippen molar-refractivity contribution in [3.05, 3.63) is 60.0 Å². The van der Waals surface area contributed by atoms with E-state index >= 15 is 0 Å². The van der Waals surface area contributed by atoms with E-state index in [1.54, 1.807) is 22.5 Å². The second kappa shape index (κ2) is 7.99. The third kappa shape index (κ3) is 4.41. The summed E-state index contributed by atoms with van der Waals surface area (Å²) in [5, 5.41) is 8.57. The second-order valence-corrected chi connectivity index (χ2v) is 9.13. The zero-order valence-electron chi connectivity index (χ0n) is 14.8. The van der Waals surface area contributed by atoms with Crippen molar-refractivity contribution in [1.29, 1.82) is 0 Å². The lowest BCUT2D eigenvalue weighted by Crippen LogP contribution is -2.39. The number of benzene rings is 1. The highest BCUT2D eigenvalue weighted by atomic mass is 32.2. The minimum Gasteiger partial charge on any atom is -0.348 e. The molecule has 0 spiro atoms. The fraction of sp³-hybridized carbons (Fsp3) is 0.235. The maximum absolute atomic E-state index is 12.4. The number of hydrogen-bond acceptors (Lipinski definition) is 6. The monoisotopic (exact) mass is 405 g/mol. The van der Waals surface area contributed by atoms with Gasteiger partial charge in [0.15, 0.2) is 0 Å². The van der Waals surface area contributed by atoms with Gasteiger partial charge in [-0.25, -0.2) is 18.1 Å². The molecule has 1 amide bonds. The van der Waals surface area contributed by atoms with Crippen LogP contribution in [-0.4, -0.2) is 47.0 Å². The number of carbonyl (C=O) groups excluding carboxylic acids is 1. The van der Waals surface area contributed by atoms with Crippen LogP contribution in [0.15, 0.2) is 58.6 Å². The summed E-state index contributed by atoms with van der Waals surface area (Å²) in [6.07, 6.45) is 3.06. The van der Waals surface area contributed by atoms with Crippen molar-refractivity contribution < 1.29 is 13.2 Å². The number of nitrogens with one attached hydrogen (secondary N) is 1. The molecule has 1 aromatic carbocycles. The Morgan fingerprint density at radius 3 is 2.63 bits per heavy atom. The van der Waals surface area contributed by atoms with Crippen LogP contribution in [0.25, 0.3) is 5.69 Å². The van der Waals surface area contributed by atoms with Gasteiger partial charge in [0, 0.05) is 7.05 Å². The molecule has 3 rings (SSSR count). The Hall–Kier alpha value is -2.56. The molecule has 1 N–H and O–H groups in total. The fourth-order valence-electron chi connectivity index (χ4n) is 2.48. The normalized spacial score (nSPS) is 12.9. The second-order valence-electron chi connectivity index (χ2n) is 5.91. The number of likely N-dealkylation sites (N-methyl/N-ethyl adjacent to an activating group) is 1. The van der Waals surface area contributed by atoms with Crippen LogP contribution in [0.2, 0.25) is 0 Å². The highest BCUT2D eigenvalue weighted by molar-refractivity contribution is 7.91. The van der Waals surface area contributed by atoms with Crippen molar-refractivity contribution in [1.82, 2.24) is 24.4 Å². The Morgan fingerprint density at radius 2 is 2.04 bits per heavy atom. The first kappa shape index (κ1) is 19.2. The summed E-state index contributed by atoms with van der Waals surface area (Å²) in [5.41, 5.74) is 1.76. The van der Waals surface area contributed by atoms with Crippen LogP contribution >= 0.6 is 11.3 Å². The van der Waals surface area contributed by atoms with Crippen LogP contribution in [0.4, 0.5) is 0 Å². The van der Waals surface area contributed by atoms with Crippen LogP contribution in [0.1, 0.15) is 18.5 Å². The first-order chi connectivity index (χ1) is 12.9. The van der Waals surface area contributed by atoms with E-state index in [1.165, 1.54) is 19.4 Å². The molecule has 0 bridgehead atoms. The van der Waals surface area contributed by atoms with E-state index in [2.05, 4.69) is 15.4 Å². The molecule has 2 aromatic heterocycles. The lowest BCUT2D eigenvalue weighted by molar-refractivity contribution is -0.121. The van der Waals surface area contributed by atoms with Gasteiger partial charge < -0.3 is 5.32 Å². The van der Waals surface area contributed by atoms with Gasteiger partial charge in [-0.1, -0.05) is 18.2 Å². The summed E-state index contributed by atoms with van der Waals surface area (Å²) in [5.74, 6) is -0.370. The van der Waals surface area contributed by atoms with Gasteiger partial charge in [-0.2, -0.15) is 9.40 Å². The van der Waals surface area contributed by atoms with E-state index in [4.69, 9.17) is 0 Å². The topological polar surface area (TPSA) is 97.2 Å². The largest absolute Gasteiger partial charge is 0.348 e. The summed E-state index contributed by atoms with van der Waals surface area (Å²) < 4.78 is 27.7. The molecule has 142 valence electrons. The van der Waals surface area contributed by atoms with Crippen molar-refractivity contribution in [3.63, 3.8) is 0 Å². The highest BCUT2D eigenvalue weighted by Gasteiger charge is 2.24. The van der Waals surface area contributed by atoms with Crippen molar-refractivity contribution in [2.75, 3.05) is 13.6 Å². The number of amides is 1. The third-order valence-corrected chi connectivity index (χ3v) is 7.16. The summed E-state index contributed by atoms with van der Waals surface area (Å²) in [6.45, 7) is 1.59. The molecule has 0 fully saturated rings. The van der Waals surface area contributed by atoms with Gasteiger partial charge in [-0.05, 0) is 36.1 Å². The van der Waals surface area contributed by atoms with E-state index in [0.717, 1.165) is 26.9 Å². The standard InChI is InChI=1S/C17H19N5O3S2/c1-13(14-5-7-15(8-6-14)22-12-18-11-19-22)20-16(23)10-21(2)27(24,25)17-4-3-9-26-17/h3-9,11-13H,10H2,1-2H3,(H,20,23)/t13-/m0/s1. The zero-order valence-corrected chi connectivity index (χ0v) is 16.4. The predicted molar refractivity (Wildman–Crippen MR) is 102 cm³/mol. The Labute approximate surface area is 161 Å². The summed E-state index contributed by atoms with van der Waals surface area (Å²) in [6, 6.07) is 10.4. The maximum atomic E-state index is 12.4. The molecular weight excluding hydrogens is 386 g/mol. The van der Waals surface area contributed by atoms with Gasteiger partial charge in [0.25, 0.3) is 10.0 Å². The molecule has 0 saturated heterocycles. The molecule has 0 radical (unpaired) electrons. The summed E-state index contributed by atoms with van der Waals surface area (Å²) >= 11 is 1.12. The number of thiophene rings is 1. The molecule has 27 heavy (non-hydrogen) atoms. The van der Waals surface area contributed by atoms with Crippen LogP contribution in [-0.2, 0) is 14.8 Å². The molecule has 0 aliphatic carbocycles. The minimum atomic E-state index is -3.65. The molecule has 1 atom stereocenters. The van der Waals surface area contributed by atoms with E-state index in [-0.39, 0.29) is 22.7 Å². The van der Waals surface area contributed by atoms with Crippen molar-refractivity contribution in [3.8, 4) is 5.69 Å². The number of sulfonamides is 1. The van der Waals surface area contributed by atoms with Crippen LogP contribution in [0.3, 0.4) is 0 Å². The SMILES string of the molecule is C[C@H](NC(=O)CN(C)S(=O)(=O)c1cccs1)c1ccc(-n2cncn2)cc1. The molecule has 10 heteroatoms. The molecule has 2 heterocycles. The average molecular weight is 406 g/mol. The van der Waals surface area contributed by atoms with Crippen molar-refractivity contribution in [2.24, 2.45) is 0 Å². The minimum absolute atomic E-state index is 0.217. The first-order valence-corrected chi connectivity index (χ1v) is 10.4. The predicted octanol–water partition coefficient (Wildman–Crippen LogP) is 1.83. The van der Waals surface area contributed by atoms with Crippen LogP contribution < -0.4 is 5.32 Å². The maximum Gasteiger partial charge on any atom is 0.252 e. The van der Waals surface area contributed by atoms with Gasteiger partial charge in [-0.3, -0.25) is 4.79 Å². The molecule has 0 aliphatic rings. The van der Waals surface area contributed by atoms with Crippen molar-refractivity contribution >= 4 is 27.3 Å². The van der Waals surface area contributed by atoms with E-state index in [9.17, 15) is 13.2 Å². The number of nitrogens with zero attached hydrogens (tertiary/aromatic N) is 4. The highest BCUT2D eigenvalue weighted by Crippen LogP contribution is 2.20. The van der Waals surface area contributed by atoms with Gasteiger partial charge in [0.05, 0.1) is 18.3 Å². The van der Waals surface area contributed by atoms with E-state index in [1.807, 2.05) is 31.2 Å². The van der Waals surface area contributed by atoms with E-state index in [0.29, 0.717) is 0 Å². The first-order valence-electron chi connectivity index (χ1n) is 8.12. The molecule has 8 nitrogen and oxygen atoms in total. The van der Waals surface area contributed by atoms with Crippen LogP contribution in [0, 0.1) is 0 Å². The number of rotatable bonds is 7. The molecule has 3 aromatic rings. The lowest BCUT2D eigenvalue weighted by Gasteiger charge is -2.19. The fourth-order valence-corrected chi connectivity index (χ4v) is 4.81. The molecule has 0 saturated carbocycles. The van der Waals surface area contributed by atoms with Gasteiger partial charge in [0.1, 0.15) is 16.9 Å². The summed E-state index contributed by atoms with van der Waals surface area (Å²) in [7, 11) is -2.25. The zero-order chi connectivity index (χ0) is 19.4. The number of hydrogen-bond donors (Lipinski definition) is 1. The lowest BCUT2D eigenvalue weighted by atomic mass is 10.1. The Morgan fingerprint density at radius 1 is 1.30 bits per heavy atom. The average Bonchev–Trinajstić information content (AvgIpc) is 3.35. The molecule has 0 aliphatic heterocycles. The van der Waals surface area contributed by atoms with Gasteiger partial charge in [-0.15, -0.1) is 11.3 Å². The Balaban J connectivity index is 1.60. The Bertz CT molecular complexity index is 984. The van der Waals surface area contributed by atoms with Crippen molar-refractivity contribution in [2.45, 2.75) is 17.2 Å². The Kier molecular flexibility index (Phi) is 5.68. The van der Waals surface area contributed by atoms with E-state index < -0.39 is 10.0 Å². The number of carbonyl (C=O) groups is 1. The quantitative estimate of drug-likeness (QED) is 0.647. The number of aromatic nitrogens is 3. The molecule has 0 unspecified atom stereocenters. The third-order valence-electron chi connectivity index (χ3n) is 3.98. The summed E-state index contributed by atoms with van der Waals surface area (Å²) in [4.78, 5) is 16.2. The van der Waals surface area contributed by atoms with Gasteiger partial charge >= 0.3 is 0 Å².